The number of benzene rings is 1. The van der Waals surface area contributed by atoms with Gasteiger partial charge < -0.3 is 4.42 Å². The van der Waals surface area contributed by atoms with E-state index in [2.05, 4.69) is 15.9 Å². The largest absolute Gasteiger partial charge is 0.464 e. The highest BCUT2D eigenvalue weighted by atomic mass is 79.9. The minimum Gasteiger partial charge on any atom is -0.464 e. The Balaban J connectivity index is 1.92. The Morgan fingerprint density at radius 2 is 2.06 bits per heavy atom. The Labute approximate surface area is 116 Å². The van der Waals surface area contributed by atoms with E-state index >= 15 is 0 Å². The van der Waals surface area contributed by atoms with E-state index < -0.39 is 0 Å². The molecule has 90 valence electrons. The molecule has 0 aliphatic heterocycles. The second kappa shape index (κ2) is 4.71. The molecule has 0 N–H and O–H groups in total. The van der Waals surface area contributed by atoms with Gasteiger partial charge in [0.1, 0.15) is 11.8 Å². The lowest BCUT2D eigenvalue weighted by Gasteiger charge is -1.96. The van der Waals surface area contributed by atoms with Crippen molar-refractivity contribution in [2.75, 3.05) is 0 Å². The number of rotatable bonds is 3. The van der Waals surface area contributed by atoms with Crippen LogP contribution in [0.5, 0.6) is 0 Å². The summed E-state index contributed by atoms with van der Waals surface area (Å²) >= 11 is 4.98. The van der Waals surface area contributed by atoms with Crippen LogP contribution in [0.4, 0.5) is 0 Å². The lowest BCUT2D eigenvalue weighted by Crippen LogP contribution is -2.00. The molecule has 1 aromatic carbocycles. The highest BCUT2D eigenvalue weighted by Crippen LogP contribution is 2.26. The van der Waals surface area contributed by atoms with Crippen LogP contribution < -0.4 is 0 Å². The third-order valence-electron chi connectivity index (χ3n) is 2.75. The molecule has 0 fully saturated rings. The second-order valence-corrected chi connectivity index (χ2v) is 6.50. The Bertz CT molecular complexity index is 711. The first-order valence-electron chi connectivity index (χ1n) is 5.47. The quantitative estimate of drug-likeness (QED) is 0.656. The second-order valence-electron chi connectivity index (χ2n) is 3.95. The maximum Gasteiger partial charge on any atom is 0.171 e. The van der Waals surface area contributed by atoms with Crippen molar-refractivity contribution in [2.24, 2.45) is 0 Å². The average molecular weight is 321 g/mol. The Morgan fingerprint density at radius 3 is 2.83 bits per heavy atom. The van der Waals surface area contributed by atoms with Crippen molar-refractivity contribution < 1.29 is 9.21 Å². The summed E-state index contributed by atoms with van der Waals surface area (Å²) in [7, 11) is 0. The monoisotopic (exact) mass is 320 g/mol. The van der Waals surface area contributed by atoms with Crippen molar-refractivity contribution >= 4 is 44.0 Å². The molecule has 2 aromatic heterocycles. The van der Waals surface area contributed by atoms with Crippen LogP contribution in [0.3, 0.4) is 0 Å². The summed E-state index contributed by atoms with van der Waals surface area (Å²) in [4.78, 5) is 13.3. The van der Waals surface area contributed by atoms with Crippen LogP contribution in [0.2, 0.25) is 0 Å². The summed E-state index contributed by atoms with van der Waals surface area (Å²) in [5.74, 6) is 0.0919. The summed E-state index contributed by atoms with van der Waals surface area (Å²) < 4.78 is 6.43. The van der Waals surface area contributed by atoms with Crippen LogP contribution in [0.1, 0.15) is 15.2 Å². The van der Waals surface area contributed by atoms with E-state index in [1.165, 1.54) is 0 Å². The van der Waals surface area contributed by atoms with Gasteiger partial charge in [0.2, 0.25) is 0 Å². The third-order valence-corrected chi connectivity index (χ3v) is 4.37. The molecule has 3 aromatic rings. The van der Waals surface area contributed by atoms with E-state index in [1.807, 2.05) is 36.4 Å². The van der Waals surface area contributed by atoms with E-state index in [4.69, 9.17) is 4.42 Å². The zero-order chi connectivity index (χ0) is 12.5. The van der Waals surface area contributed by atoms with Gasteiger partial charge in [0.15, 0.2) is 5.78 Å². The maximum absolute atomic E-state index is 12.2. The van der Waals surface area contributed by atoms with Crippen molar-refractivity contribution in [1.29, 1.82) is 0 Å². The molecule has 3 rings (SSSR count). The standard InChI is InChI=1S/C14H9BrO2S/c15-14-6-5-9(18-14)7-12(16)11-8-17-13-4-2-1-3-10(11)13/h1-6,8H,7H2. The third kappa shape index (κ3) is 2.13. The highest BCUT2D eigenvalue weighted by Gasteiger charge is 2.14. The first-order chi connectivity index (χ1) is 8.74. The zero-order valence-electron chi connectivity index (χ0n) is 9.35. The van der Waals surface area contributed by atoms with Crippen molar-refractivity contribution in [3.05, 3.63) is 56.9 Å². The van der Waals surface area contributed by atoms with Crippen LogP contribution in [-0.2, 0) is 6.42 Å². The van der Waals surface area contributed by atoms with Gasteiger partial charge in [-0.2, -0.15) is 0 Å². The van der Waals surface area contributed by atoms with Gasteiger partial charge in [0.25, 0.3) is 0 Å². The molecule has 0 aliphatic carbocycles. The number of Topliss-reactive ketones (excluding diaryl/α,β-unsaturated/α-hetero) is 1. The Morgan fingerprint density at radius 1 is 1.22 bits per heavy atom. The molecule has 0 bridgehead atoms. The van der Waals surface area contributed by atoms with E-state index in [-0.39, 0.29) is 5.78 Å². The van der Waals surface area contributed by atoms with Gasteiger partial charge in [-0.25, -0.2) is 0 Å². The fourth-order valence-electron chi connectivity index (χ4n) is 1.89. The molecule has 0 radical (unpaired) electrons. The predicted octanol–water partition coefficient (Wildman–Crippen LogP) is 4.68. The Kier molecular flexibility index (Phi) is 3.06. The van der Waals surface area contributed by atoms with E-state index in [1.54, 1.807) is 17.6 Å². The summed E-state index contributed by atoms with van der Waals surface area (Å²) in [5.41, 5.74) is 1.42. The molecule has 0 spiro atoms. The van der Waals surface area contributed by atoms with Gasteiger partial charge in [-0.15, -0.1) is 11.3 Å². The molecule has 0 atom stereocenters. The smallest absolute Gasteiger partial charge is 0.171 e. The number of hydrogen-bond donors (Lipinski definition) is 0. The number of thiophene rings is 1. The molecule has 0 aliphatic rings. The van der Waals surface area contributed by atoms with Crippen LogP contribution in [0.15, 0.2) is 50.9 Å². The van der Waals surface area contributed by atoms with Gasteiger partial charge in [-0.05, 0) is 34.1 Å². The average Bonchev–Trinajstić information content (AvgIpc) is 2.95. The van der Waals surface area contributed by atoms with Gasteiger partial charge in [-0.1, -0.05) is 18.2 Å². The predicted molar refractivity (Wildman–Crippen MR) is 76.3 cm³/mol. The maximum atomic E-state index is 12.2. The van der Waals surface area contributed by atoms with E-state index in [0.717, 1.165) is 19.6 Å². The first kappa shape index (κ1) is 11.7. The number of ketones is 1. The fourth-order valence-corrected chi connectivity index (χ4v) is 3.38. The van der Waals surface area contributed by atoms with Crippen LogP contribution in [-0.4, -0.2) is 5.78 Å². The summed E-state index contributed by atoms with van der Waals surface area (Å²) in [5, 5.41) is 0.887. The van der Waals surface area contributed by atoms with Gasteiger partial charge in [-0.3, -0.25) is 4.79 Å². The normalized spacial score (nSPS) is 10.9. The molecule has 0 unspecified atom stereocenters. The number of halogens is 1. The molecular formula is C14H9BrO2S. The van der Waals surface area contributed by atoms with Gasteiger partial charge in [0.05, 0.1) is 9.35 Å². The number of carbonyl (C=O) groups is 1. The number of furan rings is 1. The minimum atomic E-state index is 0.0919. The van der Waals surface area contributed by atoms with E-state index in [9.17, 15) is 4.79 Å². The van der Waals surface area contributed by atoms with Gasteiger partial charge in [0, 0.05) is 16.7 Å². The number of carbonyl (C=O) groups excluding carboxylic acids is 1. The molecule has 4 heteroatoms. The molecule has 0 amide bonds. The van der Waals surface area contributed by atoms with Crippen molar-refractivity contribution in [1.82, 2.24) is 0 Å². The lowest BCUT2D eigenvalue weighted by atomic mass is 10.1. The first-order valence-corrected chi connectivity index (χ1v) is 7.08. The SMILES string of the molecule is O=C(Cc1ccc(Br)s1)c1coc2ccccc12. The van der Waals surface area contributed by atoms with Crippen molar-refractivity contribution in [3.63, 3.8) is 0 Å². The van der Waals surface area contributed by atoms with E-state index in [0.29, 0.717) is 12.0 Å². The molecule has 18 heavy (non-hydrogen) atoms. The van der Waals surface area contributed by atoms with Crippen LogP contribution in [0, 0.1) is 0 Å². The molecule has 2 heterocycles. The molecule has 2 nitrogen and oxygen atoms in total. The lowest BCUT2D eigenvalue weighted by molar-refractivity contribution is 0.0994. The summed E-state index contributed by atoms with van der Waals surface area (Å²) in [6.07, 6.45) is 1.97. The summed E-state index contributed by atoms with van der Waals surface area (Å²) in [6.45, 7) is 0. The molecule has 0 saturated carbocycles. The van der Waals surface area contributed by atoms with Crippen LogP contribution in [0.25, 0.3) is 11.0 Å². The zero-order valence-corrected chi connectivity index (χ0v) is 11.8. The van der Waals surface area contributed by atoms with Crippen molar-refractivity contribution in [3.8, 4) is 0 Å². The van der Waals surface area contributed by atoms with Gasteiger partial charge >= 0.3 is 0 Å². The number of hydrogen-bond acceptors (Lipinski definition) is 3. The highest BCUT2D eigenvalue weighted by molar-refractivity contribution is 9.11. The number of para-hydroxylation sites is 1. The van der Waals surface area contributed by atoms with Crippen LogP contribution >= 0.6 is 27.3 Å². The topological polar surface area (TPSA) is 30.2 Å². The molecule has 0 saturated heterocycles. The fraction of sp³-hybridized carbons (Fsp3) is 0.0714. The molecular weight excluding hydrogens is 312 g/mol. The number of fused-ring (bicyclic) bond motifs is 1. The van der Waals surface area contributed by atoms with Crippen molar-refractivity contribution in [2.45, 2.75) is 6.42 Å². The summed E-state index contributed by atoms with van der Waals surface area (Å²) in [6, 6.07) is 11.5. The minimum absolute atomic E-state index is 0.0919. The Hall–Kier alpha value is -1.39.